The molecule has 0 spiro atoms. The third-order valence-corrected chi connectivity index (χ3v) is 5.74. The number of hydrogen-bond donors (Lipinski definition) is 1. The van der Waals surface area contributed by atoms with E-state index in [-0.39, 0.29) is 5.28 Å². The van der Waals surface area contributed by atoms with Gasteiger partial charge in [-0.2, -0.15) is 4.98 Å². The molecule has 0 aliphatic carbocycles. The number of carbonyl (C=O) groups is 1. The van der Waals surface area contributed by atoms with Crippen LogP contribution in [0.4, 0.5) is 5.69 Å². The van der Waals surface area contributed by atoms with Crippen LogP contribution in [0, 0.1) is 0 Å². The van der Waals surface area contributed by atoms with E-state index in [2.05, 4.69) is 46.7 Å². The average molecular weight is 449 g/mol. The van der Waals surface area contributed by atoms with Crippen LogP contribution in [0.25, 0.3) is 22.3 Å². The van der Waals surface area contributed by atoms with E-state index in [4.69, 9.17) is 21.1 Å². The fraction of sp³-hybridized carbons (Fsp3) is 0.318. The van der Waals surface area contributed by atoms with Gasteiger partial charge in [0.1, 0.15) is 18.7 Å². The number of aldehydes is 1. The van der Waals surface area contributed by atoms with Crippen molar-refractivity contribution in [2.45, 2.75) is 6.73 Å². The van der Waals surface area contributed by atoms with Crippen molar-refractivity contribution in [3.05, 3.63) is 54.5 Å². The Morgan fingerprint density at radius 1 is 1.27 bits per heavy atom. The van der Waals surface area contributed by atoms with Gasteiger partial charge in [-0.3, -0.25) is 4.79 Å². The lowest BCUT2D eigenvalue weighted by atomic mass is 10.1. The molecule has 0 saturated heterocycles. The van der Waals surface area contributed by atoms with Crippen molar-refractivity contribution in [2.24, 2.45) is 0 Å². The maximum atomic E-state index is 9.06. The molecule has 0 fully saturated rings. The van der Waals surface area contributed by atoms with Crippen molar-refractivity contribution >= 4 is 44.6 Å². The molecule has 0 aliphatic heterocycles. The highest BCUT2D eigenvalue weighted by Crippen LogP contribution is 2.34. The Hall–Kier alpha value is -2.35. The fourth-order valence-corrected chi connectivity index (χ4v) is 3.44. The third kappa shape index (κ3) is 6.86. The molecule has 3 rings (SSSR count). The summed E-state index contributed by atoms with van der Waals surface area (Å²) in [4.78, 5) is 17.9. The molecule has 2 aromatic heterocycles. The minimum Gasteiger partial charge on any atom is -0.388 e. The van der Waals surface area contributed by atoms with Gasteiger partial charge in [0.05, 0.1) is 12.3 Å². The minimum absolute atomic E-state index is 0.237. The number of rotatable bonds is 8. The number of hydrogen-bond acceptors (Lipinski definition) is 5. The zero-order valence-electron chi connectivity index (χ0n) is 17.9. The number of nitrogens with one attached hydrogen (secondary N) is 1. The second kappa shape index (κ2) is 11.2. The maximum Gasteiger partial charge on any atom is 0.224 e. The number of fused-ring (bicyclic) bond motifs is 1. The van der Waals surface area contributed by atoms with Crippen LogP contribution in [0.5, 0.6) is 0 Å². The number of benzene rings is 1. The zero-order valence-corrected chi connectivity index (χ0v) is 19.5. The van der Waals surface area contributed by atoms with Crippen molar-refractivity contribution in [3.63, 3.8) is 0 Å². The first-order chi connectivity index (χ1) is 14.3. The van der Waals surface area contributed by atoms with Crippen molar-refractivity contribution in [1.82, 2.24) is 14.5 Å². The third-order valence-electron chi connectivity index (χ3n) is 4.18. The highest BCUT2D eigenvalue weighted by molar-refractivity contribution is 8.32. The Morgan fingerprint density at radius 3 is 2.63 bits per heavy atom. The number of anilines is 1. The predicted octanol–water partition coefficient (Wildman–Crippen LogP) is 4.83. The van der Waals surface area contributed by atoms with Gasteiger partial charge in [-0.1, -0.05) is 18.7 Å². The topological polar surface area (TPSA) is 69.0 Å². The van der Waals surface area contributed by atoms with Crippen molar-refractivity contribution in [3.8, 4) is 11.3 Å². The van der Waals surface area contributed by atoms with Crippen molar-refractivity contribution in [1.29, 1.82) is 0 Å². The Bertz CT molecular complexity index is 992. The quantitative estimate of drug-likeness (QED) is 0.231. The average Bonchev–Trinajstić information content (AvgIpc) is 3.12. The zero-order chi connectivity index (χ0) is 22.1. The molecule has 30 heavy (non-hydrogen) atoms. The molecule has 0 saturated carbocycles. The number of allylic oxidation sites excluding steroid dienone is 1. The number of nitrogens with zero attached hydrogens (tertiary/aromatic N) is 3. The smallest absolute Gasteiger partial charge is 0.224 e. The molecule has 1 aromatic carbocycles. The van der Waals surface area contributed by atoms with Gasteiger partial charge < -0.3 is 14.6 Å². The molecule has 162 valence electrons. The first-order valence-corrected chi connectivity index (χ1v) is 12.8. The van der Waals surface area contributed by atoms with Gasteiger partial charge in [0.25, 0.3) is 0 Å². The van der Waals surface area contributed by atoms with E-state index >= 15 is 0 Å². The molecule has 3 aromatic rings. The molecule has 0 amide bonds. The van der Waals surface area contributed by atoms with Crippen LogP contribution in [0.2, 0.25) is 5.28 Å². The fourth-order valence-electron chi connectivity index (χ4n) is 2.66. The molecule has 0 unspecified atom stereocenters. The number of carbonyl (C=O) groups excluding carboxylic acids is 1. The minimum atomic E-state index is -0.551. The summed E-state index contributed by atoms with van der Waals surface area (Å²) < 4.78 is 7.83. The number of halogens is 1. The van der Waals surface area contributed by atoms with E-state index in [1.54, 1.807) is 0 Å². The second-order valence-corrected chi connectivity index (χ2v) is 12.3. The van der Waals surface area contributed by atoms with E-state index in [0.29, 0.717) is 13.0 Å². The molecule has 0 radical (unpaired) electrons. The molecule has 6 nitrogen and oxygen atoms in total. The van der Waals surface area contributed by atoms with E-state index in [0.717, 1.165) is 40.3 Å². The summed E-state index contributed by atoms with van der Waals surface area (Å²) in [6, 6.07) is 10.1. The Kier molecular flexibility index (Phi) is 8.89. The van der Waals surface area contributed by atoms with Gasteiger partial charge >= 0.3 is 0 Å². The first-order valence-electron chi connectivity index (χ1n) is 9.39. The lowest BCUT2D eigenvalue weighted by Crippen LogP contribution is -2.09. The van der Waals surface area contributed by atoms with Crippen LogP contribution in [-0.4, -0.2) is 59.0 Å². The van der Waals surface area contributed by atoms with Gasteiger partial charge in [0.15, 0.2) is 0 Å². The molecule has 2 heterocycles. The van der Waals surface area contributed by atoms with Crippen LogP contribution in [0.15, 0.2) is 49.2 Å². The largest absolute Gasteiger partial charge is 0.388 e. The number of aromatic nitrogens is 3. The van der Waals surface area contributed by atoms with Gasteiger partial charge in [0.2, 0.25) is 5.28 Å². The normalized spacial score (nSPS) is 11.5. The SMILES string of the molecule is C=CC=O.CNc1cccc(-c2nc(Cl)nc3c2ccn3COCCS(C)(C)C)c1. The summed E-state index contributed by atoms with van der Waals surface area (Å²) in [5, 5.41) is 4.35. The summed E-state index contributed by atoms with van der Waals surface area (Å²) in [5.41, 5.74) is 3.65. The summed E-state index contributed by atoms with van der Waals surface area (Å²) in [6.07, 6.45) is 10.7. The van der Waals surface area contributed by atoms with Gasteiger partial charge in [-0.05, 0) is 54.6 Å². The van der Waals surface area contributed by atoms with Gasteiger partial charge in [-0.15, -0.1) is 0 Å². The van der Waals surface area contributed by atoms with Crippen LogP contribution < -0.4 is 5.32 Å². The first kappa shape index (κ1) is 23.9. The van der Waals surface area contributed by atoms with E-state index < -0.39 is 10.0 Å². The molecule has 0 aliphatic rings. The molecular weight excluding hydrogens is 420 g/mol. The summed E-state index contributed by atoms with van der Waals surface area (Å²) in [5.74, 6) is 1.09. The van der Waals surface area contributed by atoms with E-state index in [1.807, 2.05) is 42.1 Å². The molecular formula is C22H29ClN4O2S. The van der Waals surface area contributed by atoms with Crippen LogP contribution in [0.1, 0.15) is 0 Å². The molecule has 1 N–H and O–H groups in total. The van der Waals surface area contributed by atoms with Gasteiger partial charge in [-0.25, -0.2) is 15.0 Å². The Morgan fingerprint density at radius 2 is 2.00 bits per heavy atom. The second-order valence-electron chi connectivity index (χ2n) is 7.40. The van der Waals surface area contributed by atoms with Crippen LogP contribution in [-0.2, 0) is 16.3 Å². The lowest BCUT2D eigenvalue weighted by Gasteiger charge is -2.24. The van der Waals surface area contributed by atoms with Crippen molar-refractivity contribution < 1.29 is 9.53 Å². The van der Waals surface area contributed by atoms with E-state index in [9.17, 15) is 0 Å². The molecule has 8 heteroatoms. The number of ether oxygens (including phenoxy) is 1. The predicted molar refractivity (Wildman–Crippen MR) is 130 cm³/mol. The summed E-state index contributed by atoms with van der Waals surface area (Å²) in [6.45, 7) is 4.32. The van der Waals surface area contributed by atoms with Crippen LogP contribution in [0.3, 0.4) is 0 Å². The molecule has 0 bridgehead atoms. The highest BCUT2D eigenvalue weighted by atomic mass is 35.5. The van der Waals surface area contributed by atoms with Crippen LogP contribution >= 0.6 is 21.6 Å². The summed E-state index contributed by atoms with van der Waals surface area (Å²) in [7, 11) is 1.35. The maximum absolute atomic E-state index is 9.06. The Balaban J connectivity index is 0.000000735. The van der Waals surface area contributed by atoms with E-state index in [1.165, 1.54) is 6.08 Å². The highest BCUT2D eigenvalue weighted by Gasteiger charge is 2.13. The Labute approximate surface area is 184 Å². The van der Waals surface area contributed by atoms with Crippen molar-refractivity contribution in [2.75, 3.05) is 43.5 Å². The summed E-state index contributed by atoms with van der Waals surface area (Å²) >= 11 is 6.21. The standard InChI is InChI=1S/C19H25ClN4OS.C3H4O/c1-21-15-7-5-6-14(12-15)17-16-8-9-24(18(16)23-19(20)22-17)13-25-10-11-26(2,3)4;1-2-3-4/h5-9,12,21H,10-11,13H2,1-4H3;2-3H,1H2. The van der Waals surface area contributed by atoms with Gasteiger partial charge in [0, 0.05) is 35.6 Å². The molecule has 0 atom stereocenters. The monoisotopic (exact) mass is 448 g/mol. The lowest BCUT2D eigenvalue weighted by molar-refractivity contribution is -0.104.